The first kappa shape index (κ1) is 12.0. The zero-order valence-electron chi connectivity index (χ0n) is 8.95. The van der Waals surface area contributed by atoms with Crippen LogP contribution in [-0.4, -0.2) is 36.1 Å². The molecule has 1 atom stereocenters. The predicted molar refractivity (Wildman–Crippen MR) is 55.5 cm³/mol. The third-order valence-electron chi connectivity index (χ3n) is 2.68. The molecular weight excluding hydrogens is 196 g/mol. The summed E-state index contributed by atoms with van der Waals surface area (Å²) < 4.78 is 0. The van der Waals surface area contributed by atoms with Crippen LogP contribution in [0.4, 0.5) is 0 Å². The van der Waals surface area contributed by atoms with Crippen molar-refractivity contribution < 1.29 is 14.7 Å². The first-order valence-corrected chi connectivity index (χ1v) is 5.30. The van der Waals surface area contributed by atoms with E-state index >= 15 is 0 Å². The number of amides is 1. The lowest BCUT2D eigenvalue weighted by molar-refractivity contribution is -0.141. The predicted octanol–water partition coefficient (Wildman–Crippen LogP) is -0.0346. The standard InChI is InChI=1S/C10H18N2O3/c1-7(13)12-9(10(14)15)6-11-5-8-3-2-4-8/h8-9,11H,2-6H2,1H3,(H,12,13)(H,14,15). The molecule has 1 unspecified atom stereocenters. The summed E-state index contributed by atoms with van der Waals surface area (Å²) in [6, 6.07) is -0.817. The molecule has 0 spiro atoms. The minimum Gasteiger partial charge on any atom is -0.480 e. The van der Waals surface area contributed by atoms with E-state index in [2.05, 4.69) is 10.6 Å². The Morgan fingerprint density at radius 3 is 2.53 bits per heavy atom. The third kappa shape index (κ3) is 4.29. The summed E-state index contributed by atoms with van der Waals surface area (Å²) in [6.07, 6.45) is 3.73. The average molecular weight is 214 g/mol. The van der Waals surface area contributed by atoms with Crippen LogP contribution in [0.25, 0.3) is 0 Å². The van der Waals surface area contributed by atoms with Crippen LogP contribution in [0.1, 0.15) is 26.2 Å². The lowest BCUT2D eigenvalue weighted by atomic mass is 9.85. The van der Waals surface area contributed by atoms with Crippen molar-refractivity contribution in [1.29, 1.82) is 0 Å². The highest BCUT2D eigenvalue weighted by atomic mass is 16.4. The molecule has 0 aromatic heterocycles. The van der Waals surface area contributed by atoms with Gasteiger partial charge in [-0.25, -0.2) is 4.79 Å². The molecule has 1 aliphatic rings. The summed E-state index contributed by atoms with van der Waals surface area (Å²) in [5.41, 5.74) is 0. The van der Waals surface area contributed by atoms with Gasteiger partial charge in [0, 0.05) is 13.5 Å². The number of carboxylic acids is 1. The Balaban J connectivity index is 2.18. The first-order valence-electron chi connectivity index (χ1n) is 5.30. The number of carbonyl (C=O) groups excluding carboxylic acids is 1. The normalized spacial score (nSPS) is 17.9. The Hall–Kier alpha value is -1.10. The number of carbonyl (C=O) groups is 2. The number of aliphatic carboxylic acids is 1. The Kier molecular flexibility index (Phi) is 4.55. The van der Waals surface area contributed by atoms with Gasteiger partial charge < -0.3 is 15.7 Å². The number of hydrogen-bond donors (Lipinski definition) is 3. The maximum atomic E-state index is 10.7. The monoisotopic (exact) mass is 214 g/mol. The summed E-state index contributed by atoms with van der Waals surface area (Å²) in [4.78, 5) is 21.5. The van der Waals surface area contributed by atoms with Crippen LogP contribution in [0.3, 0.4) is 0 Å². The second-order valence-electron chi connectivity index (χ2n) is 4.05. The van der Waals surface area contributed by atoms with Gasteiger partial charge in [0.05, 0.1) is 0 Å². The molecule has 1 saturated carbocycles. The molecule has 5 heteroatoms. The number of nitrogens with one attached hydrogen (secondary N) is 2. The van der Waals surface area contributed by atoms with Crippen LogP contribution in [0.5, 0.6) is 0 Å². The molecule has 0 aliphatic heterocycles. The highest BCUT2D eigenvalue weighted by Gasteiger charge is 2.20. The van der Waals surface area contributed by atoms with Crippen LogP contribution in [0, 0.1) is 5.92 Å². The van der Waals surface area contributed by atoms with E-state index in [0.717, 1.165) is 6.54 Å². The topological polar surface area (TPSA) is 78.4 Å². The molecule has 0 saturated heterocycles. The molecule has 0 radical (unpaired) electrons. The zero-order chi connectivity index (χ0) is 11.3. The van der Waals surface area contributed by atoms with E-state index in [1.54, 1.807) is 0 Å². The van der Waals surface area contributed by atoms with Gasteiger partial charge >= 0.3 is 5.97 Å². The Labute approximate surface area is 89.2 Å². The second-order valence-corrected chi connectivity index (χ2v) is 4.05. The van der Waals surface area contributed by atoms with E-state index in [1.165, 1.54) is 26.2 Å². The van der Waals surface area contributed by atoms with Gasteiger partial charge in [-0.1, -0.05) is 6.42 Å². The van der Waals surface area contributed by atoms with Crippen LogP contribution >= 0.6 is 0 Å². The minimum atomic E-state index is -0.994. The summed E-state index contributed by atoms with van der Waals surface area (Å²) >= 11 is 0. The van der Waals surface area contributed by atoms with E-state index in [-0.39, 0.29) is 5.91 Å². The van der Waals surface area contributed by atoms with Crippen molar-refractivity contribution in [2.75, 3.05) is 13.1 Å². The molecular formula is C10H18N2O3. The van der Waals surface area contributed by atoms with Crippen molar-refractivity contribution in [3.63, 3.8) is 0 Å². The molecule has 3 N–H and O–H groups in total. The molecule has 5 nitrogen and oxygen atoms in total. The Bertz CT molecular complexity index is 239. The van der Waals surface area contributed by atoms with Crippen molar-refractivity contribution in [3.05, 3.63) is 0 Å². The van der Waals surface area contributed by atoms with E-state index < -0.39 is 12.0 Å². The maximum Gasteiger partial charge on any atom is 0.327 e. The molecule has 0 aromatic carbocycles. The van der Waals surface area contributed by atoms with Crippen LogP contribution in [-0.2, 0) is 9.59 Å². The average Bonchev–Trinajstić information content (AvgIpc) is 2.06. The largest absolute Gasteiger partial charge is 0.480 e. The van der Waals surface area contributed by atoms with Crippen molar-refractivity contribution >= 4 is 11.9 Å². The van der Waals surface area contributed by atoms with Crippen molar-refractivity contribution in [1.82, 2.24) is 10.6 Å². The number of hydrogen-bond acceptors (Lipinski definition) is 3. The molecule has 1 aliphatic carbocycles. The van der Waals surface area contributed by atoms with Gasteiger partial charge in [0.15, 0.2) is 0 Å². The smallest absolute Gasteiger partial charge is 0.327 e. The molecule has 1 fully saturated rings. The third-order valence-corrected chi connectivity index (χ3v) is 2.68. The summed E-state index contributed by atoms with van der Waals surface area (Å²) in [5.74, 6) is -0.615. The highest BCUT2D eigenvalue weighted by Crippen LogP contribution is 2.24. The fourth-order valence-corrected chi connectivity index (χ4v) is 1.57. The maximum absolute atomic E-state index is 10.7. The van der Waals surface area contributed by atoms with Gasteiger partial charge in [0.2, 0.25) is 5.91 Å². The highest BCUT2D eigenvalue weighted by molar-refractivity contribution is 5.82. The lowest BCUT2D eigenvalue weighted by Gasteiger charge is -2.26. The number of rotatable bonds is 6. The summed E-state index contributed by atoms with van der Waals surface area (Å²) in [5, 5.41) is 14.3. The van der Waals surface area contributed by atoms with E-state index in [0.29, 0.717) is 12.5 Å². The van der Waals surface area contributed by atoms with Crippen LogP contribution < -0.4 is 10.6 Å². The number of carboxylic acid groups (broad SMARTS) is 1. The Morgan fingerprint density at radius 2 is 2.13 bits per heavy atom. The minimum absolute atomic E-state index is 0.297. The van der Waals surface area contributed by atoms with E-state index in [4.69, 9.17) is 5.11 Å². The SMILES string of the molecule is CC(=O)NC(CNCC1CCC1)C(=O)O. The van der Waals surface area contributed by atoms with Gasteiger partial charge in [-0.15, -0.1) is 0 Å². The molecule has 86 valence electrons. The Morgan fingerprint density at radius 1 is 1.47 bits per heavy atom. The van der Waals surface area contributed by atoms with Gasteiger partial charge in [0.25, 0.3) is 0 Å². The molecule has 0 heterocycles. The van der Waals surface area contributed by atoms with Gasteiger partial charge in [-0.3, -0.25) is 4.79 Å². The van der Waals surface area contributed by atoms with Crippen LogP contribution in [0.2, 0.25) is 0 Å². The first-order chi connectivity index (χ1) is 7.09. The second kappa shape index (κ2) is 5.70. The molecule has 0 aromatic rings. The van der Waals surface area contributed by atoms with Crippen molar-refractivity contribution in [2.24, 2.45) is 5.92 Å². The molecule has 15 heavy (non-hydrogen) atoms. The summed E-state index contributed by atoms with van der Waals surface area (Å²) in [7, 11) is 0. The lowest BCUT2D eigenvalue weighted by Crippen LogP contribution is -2.47. The van der Waals surface area contributed by atoms with Crippen molar-refractivity contribution in [3.8, 4) is 0 Å². The molecule has 1 amide bonds. The van der Waals surface area contributed by atoms with E-state index in [1.807, 2.05) is 0 Å². The fraction of sp³-hybridized carbons (Fsp3) is 0.800. The quantitative estimate of drug-likeness (QED) is 0.580. The zero-order valence-corrected chi connectivity index (χ0v) is 8.95. The molecule has 0 bridgehead atoms. The van der Waals surface area contributed by atoms with Crippen molar-refractivity contribution in [2.45, 2.75) is 32.2 Å². The molecule has 1 rings (SSSR count). The fourth-order valence-electron chi connectivity index (χ4n) is 1.57. The van der Waals surface area contributed by atoms with Gasteiger partial charge in [-0.05, 0) is 25.3 Å². The van der Waals surface area contributed by atoms with Gasteiger partial charge in [-0.2, -0.15) is 0 Å². The van der Waals surface area contributed by atoms with E-state index in [9.17, 15) is 9.59 Å². The van der Waals surface area contributed by atoms with Crippen LogP contribution in [0.15, 0.2) is 0 Å². The summed E-state index contributed by atoms with van der Waals surface area (Å²) in [6.45, 7) is 2.47. The van der Waals surface area contributed by atoms with Gasteiger partial charge in [0.1, 0.15) is 6.04 Å².